The fraction of sp³-hybridized carbons (Fsp3) is 0.744. The number of fused-ring (bicyclic) bond motifs is 1. The van der Waals surface area contributed by atoms with Crippen LogP contribution in [0.4, 0.5) is 0 Å². The van der Waals surface area contributed by atoms with Crippen molar-refractivity contribution in [1.29, 1.82) is 5.26 Å². The molecule has 0 aromatic carbocycles. The Kier molecular flexibility index (Phi) is 18.1. The number of hydrogen-bond acceptors (Lipinski definition) is 26. The molecule has 4 rings (SSSR count). The Labute approximate surface area is 370 Å². The molecule has 0 N–H and O–H groups in total. The van der Waals surface area contributed by atoms with Gasteiger partial charge in [0.25, 0.3) is 5.79 Å². The second kappa shape index (κ2) is 22.6. The Bertz CT molecular complexity index is 1850. The molecular formula is C39H51NO25. The van der Waals surface area contributed by atoms with Gasteiger partial charge >= 0.3 is 53.7 Å². The van der Waals surface area contributed by atoms with Gasteiger partial charge in [0.05, 0.1) is 6.61 Å². The highest BCUT2D eigenvalue weighted by Crippen LogP contribution is 2.41. The van der Waals surface area contributed by atoms with Crippen LogP contribution in [0, 0.1) is 11.3 Å². The van der Waals surface area contributed by atoms with Crippen LogP contribution in [0.5, 0.6) is 0 Å². The number of hydrogen-bond donors (Lipinski definition) is 0. The normalized spacial score (nSPS) is 35.1. The first-order valence-corrected chi connectivity index (χ1v) is 19.9. The monoisotopic (exact) mass is 933 g/mol. The molecule has 0 spiro atoms. The maximum absolute atomic E-state index is 12.9. The molecule has 4 fully saturated rings. The molecule has 0 saturated carbocycles. The van der Waals surface area contributed by atoms with E-state index in [1.54, 1.807) is 0 Å². The molecule has 26 heteroatoms. The number of nitrogens with zero attached hydrogens (tertiary/aromatic N) is 1. The van der Waals surface area contributed by atoms with Crippen molar-refractivity contribution in [3.63, 3.8) is 0 Å². The van der Waals surface area contributed by atoms with Crippen molar-refractivity contribution in [3.05, 3.63) is 0 Å². The molecule has 0 aromatic rings. The maximum atomic E-state index is 12.9. The first kappa shape index (κ1) is 52.1. The highest BCUT2D eigenvalue weighted by molar-refractivity contribution is 5.70. The van der Waals surface area contributed by atoms with Crippen molar-refractivity contribution >= 4 is 53.7 Å². The summed E-state index contributed by atoms with van der Waals surface area (Å²) in [5.41, 5.74) is 0. The molecule has 16 atom stereocenters. The molecule has 4 heterocycles. The van der Waals surface area contributed by atoms with Gasteiger partial charge in [-0.1, -0.05) is 0 Å². The van der Waals surface area contributed by atoms with Crippen molar-refractivity contribution in [1.82, 2.24) is 0 Å². The quantitative estimate of drug-likeness (QED) is 0.130. The lowest BCUT2D eigenvalue weighted by Crippen LogP contribution is -2.66. The number of rotatable bonds is 16. The number of carbonyl (C=O) groups excluding carboxylic acids is 9. The summed E-state index contributed by atoms with van der Waals surface area (Å²) in [6.07, 6.45) is -24.5. The minimum absolute atomic E-state index is 0.596. The molecule has 0 amide bonds. The molecule has 0 bridgehead atoms. The molecular weight excluding hydrogens is 882 g/mol. The lowest BCUT2D eigenvalue weighted by Gasteiger charge is -2.48. The van der Waals surface area contributed by atoms with Gasteiger partial charge in [-0.15, -0.1) is 0 Å². The second-order valence-corrected chi connectivity index (χ2v) is 14.9. The van der Waals surface area contributed by atoms with Crippen LogP contribution in [0.1, 0.15) is 69.2 Å². The average molecular weight is 934 g/mol. The van der Waals surface area contributed by atoms with Gasteiger partial charge in [-0.3, -0.25) is 43.2 Å². The summed E-state index contributed by atoms with van der Waals surface area (Å²) in [4.78, 5) is 111. The minimum atomic E-state index is -2.05. The van der Waals surface area contributed by atoms with Crippen molar-refractivity contribution in [2.24, 2.45) is 0 Å². The first-order chi connectivity index (χ1) is 30.4. The molecule has 0 aliphatic carbocycles. The van der Waals surface area contributed by atoms with Gasteiger partial charge in [-0.25, -0.2) is 0 Å². The van der Waals surface area contributed by atoms with Gasteiger partial charge in [-0.2, -0.15) is 5.26 Å². The minimum Gasteiger partial charge on any atom is -0.463 e. The fourth-order valence-electron chi connectivity index (χ4n) is 7.25. The van der Waals surface area contributed by atoms with Crippen LogP contribution < -0.4 is 0 Å². The van der Waals surface area contributed by atoms with Gasteiger partial charge < -0.3 is 75.8 Å². The van der Waals surface area contributed by atoms with Crippen LogP contribution in [-0.2, 0) is 119 Å². The summed E-state index contributed by atoms with van der Waals surface area (Å²) < 4.78 is 91.4. The Balaban J connectivity index is 1.81. The largest absolute Gasteiger partial charge is 0.463 e. The summed E-state index contributed by atoms with van der Waals surface area (Å²) in [7, 11) is 0. The van der Waals surface area contributed by atoms with E-state index in [0.717, 1.165) is 62.3 Å². The lowest BCUT2D eigenvalue weighted by molar-refractivity contribution is -0.352. The SMILES string of the molecule is CC(=O)OC[C@H]1O[C@H](OC[C@H]2O[C@H]3OC(C)(C#N)O[C@H]3[C@@H](O[C@H]3O[C@H](COC(C)=O)[C@@H](OC(C)=O)[C@H](OC(C)=O)[C@@H]3OC(C)=O)[C@@H]2OC(C)=O)[C@@H](OC(C)=O)[C@@H](OC(C)=O)[C@@H]1OC(C)=O. The summed E-state index contributed by atoms with van der Waals surface area (Å²) in [5, 5.41) is 10.0. The van der Waals surface area contributed by atoms with E-state index in [1.165, 1.54) is 6.92 Å². The number of esters is 9. The van der Waals surface area contributed by atoms with Crippen molar-refractivity contribution < 1.29 is 119 Å². The molecule has 4 saturated heterocycles. The van der Waals surface area contributed by atoms with Crippen molar-refractivity contribution in [2.75, 3.05) is 19.8 Å². The topological polar surface area (TPSA) is 325 Å². The molecule has 4 aliphatic rings. The van der Waals surface area contributed by atoms with E-state index in [-0.39, 0.29) is 0 Å². The molecule has 0 radical (unpaired) electrons. The van der Waals surface area contributed by atoms with E-state index in [4.69, 9.17) is 75.8 Å². The van der Waals surface area contributed by atoms with Crippen LogP contribution in [0.2, 0.25) is 0 Å². The Hall–Kier alpha value is -5.56. The zero-order valence-corrected chi connectivity index (χ0v) is 36.9. The van der Waals surface area contributed by atoms with Crippen LogP contribution in [-0.4, -0.2) is 171 Å². The Morgan fingerprint density at radius 1 is 0.446 bits per heavy atom. The molecule has 4 aliphatic heterocycles. The van der Waals surface area contributed by atoms with E-state index in [2.05, 4.69) is 0 Å². The lowest BCUT2D eigenvalue weighted by atomic mass is 9.96. The molecule has 1 unspecified atom stereocenters. The Morgan fingerprint density at radius 3 is 1.20 bits per heavy atom. The summed E-state index contributed by atoms with van der Waals surface area (Å²) in [6.45, 7) is 8.51. The van der Waals surface area contributed by atoms with E-state index in [9.17, 15) is 48.4 Å². The van der Waals surface area contributed by atoms with Gasteiger partial charge in [-0.05, 0) is 0 Å². The zero-order chi connectivity index (χ0) is 48.5. The predicted molar refractivity (Wildman–Crippen MR) is 199 cm³/mol. The van der Waals surface area contributed by atoms with Gasteiger partial charge in [0, 0.05) is 69.2 Å². The smallest absolute Gasteiger partial charge is 0.303 e. The summed E-state index contributed by atoms with van der Waals surface area (Å²) in [5.74, 6) is -10.1. The third-order valence-electron chi connectivity index (χ3n) is 9.41. The molecule has 0 aromatic heterocycles. The van der Waals surface area contributed by atoms with E-state index < -0.39 is 171 Å². The van der Waals surface area contributed by atoms with E-state index >= 15 is 0 Å². The molecule has 26 nitrogen and oxygen atoms in total. The third-order valence-corrected chi connectivity index (χ3v) is 9.41. The number of carbonyl (C=O) groups is 9. The zero-order valence-electron chi connectivity index (χ0n) is 36.9. The molecule has 362 valence electrons. The van der Waals surface area contributed by atoms with E-state index in [1.807, 2.05) is 6.07 Å². The van der Waals surface area contributed by atoms with Crippen LogP contribution in [0.3, 0.4) is 0 Å². The number of ether oxygens (including phenoxy) is 16. The van der Waals surface area contributed by atoms with Crippen molar-refractivity contribution in [2.45, 2.75) is 167 Å². The van der Waals surface area contributed by atoms with Gasteiger partial charge in [0.1, 0.15) is 49.8 Å². The third kappa shape index (κ3) is 14.2. The van der Waals surface area contributed by atoms with Crippen LogP contribution in [0.15, 0.2) is 0 Å². The van der Waals surface area contributed by atoms with Gasteiger partial charge in [0.2, 0.25) is 0 Å². The Morgan fingerprint density at radius 2 is 0.800 bits per heavy atom. The summed E-state index contributed by atoms with van der Waals surface area (Å²) >= 11 is 0. The standard InChI is InChI=1S/C39H51NO25/c1-15(41)50-11-24-27(53-17(3)43)30(56-20(6)46)33(58-22(8)48)36(60-24)52-13-26-29(55-19(5)45)32(35-38(62-26)65-39(10,14-40)64-35)63-37-34(59-23(9)49)31(57-21(7)47)28(54-18(4)44)25(61-37)12-51-16(2)42/h24-38H,11-13H2,1-10H3/t24-,25-,26-,27-,28-,29-,30+,31+,32+,33+,34+,35+,36+,37-,38+,39?/m1/s1. The predicted octanol–water partition coefficient (Wildman–Crippen LogP) is -1.13. The summed E-state index contributed by atoms with van der Waals surface area (Å²) in [6, 6.07) is 1.83. The first-order valence-electron chi connectivity index (χ1n) is 19.9. The second-order valence-electron chi connectivity index (χ2n) is 14.9. The highest BCUT2D eigenvalue weighted by atomic mass is 16.8. The number of nitriles is 1. The average Bonchev–Trinajstić information content (AvgIpc) is 3.52. The van der Waals surface area contributed by atoms with Gasteiger partial charge in [0.15, 0.2) is 61.6 Å². The highest BCUT2D eigenvalue weighted by Gasteiger charge is 2.62. The fourth-order valence-corrected chi connectivity index (χ4v) is 7.25. The maximum Gasteiger partial charge on any atom is 0.303 e. The van der Waals surface area contributed by atoms with E-state index in [0.29, 0.717) is 0 Å². The van der Waals surface area contributed by atoms with Crippen LogP contribution in [0.25, 0.3) is 0 Å². The van der Waals surface area contributed by atoms with Crippen molar-refractivity contribution in [3.8, 4) is 6.07 Å². The molecule has 65 heavy (non-hydrogen) atoms. The van der Waals surface area contributed by atoms with Crippen LogP contribution >= 0.6 is 0 Å².